The topological polar surface area (TPSA) is 55.8 Å². The Labute approximate surface area is 113 Å². The van der Waals surface area contributed by atoms with Gasteiger partial charge in [-0.3, -0.25) is 4.79 Å². The molecule has 0 heterocycles. The molecule has 4 heteroatoms. The number of carbonyl (C=O) groups excluding carboxylic acids is 1. The number of hydrogen-bond donors (Lipinski definition) is 1. The van der Waals surface area contributed by atoms with Gasteiger partial charge in [0, 0.05) is 0 Å². The van der Waals surface area contributed by atoms with Crippen molar-refractivity contribution in [2.24, 2.45) is 5.92 Å². The molecule has 0 aliphatic heterocycles. The minimum Gasteiger partial charge on any atom is -0.508 e. The van der Waals surface area contributed by atoms with Crippen LogP contribution in [0.15, 0.2) is 24.3 Å². The summed E-state index contributed by atoms with van der Waals surface area (Å²) in [5.41, 5.74) is 0.968. The molecule has 0 spiro atoms. The number of aromatic hydroxyl groups is 1. The van der Waals surface area contributed by atoms with E-state index >= 15 is 0 Å². The first-order chi connectivity index (χ1) is 9.19. The number of phenolic OH excluding ortho intramolecular Hbond substituents is 1. The Hall–Kier alpha value is -1.55. The van der Waals surface area contributed by atoms with Crippen LogP contribution in [-0.4, -0.2) is 24.3 Å². The molecule has 0 saturated heterocycles. The van der Waals surface area contributed by atoms with Gasteiger partial charge in [-0.05, 0) is 43.4 Å². The van der Waals surface area contributed by atoms with Gasteiger partial charge < -0.3 is 14.6 Å². The largest absolute Gasteiger partial charge is 0.508 e. The zero-order chi connectivity index (χ0) is 13.7. The highest BCUT2D eigenvalue weighted by atomic mass is 16.5. The van der Waals surface area contributed by atoms with Crippen molar-refractivity contribution in [2.75, 3.05) is 7.11 Å². The third-order valence-electron chi connectivity index (χ3n) is 3.60. The predicted octanol–water partition coefficient (Wildman–Crippen LogP) is 2.64. The van der Waals surface area contributed by atoms with E-state index < -0.39 is 0 Å². The highest BCUT2D eigenvalue weighted by Crippen LogP contribution is 2.27. The first-order valence-electron chi connectivity index (χ1n) is 6.66. The van der Waals surface area contributed by atoms with Crippen molar-refractivity contribution in [3.05, 3.63) is 29.8 Å². The Bertz CT molecular complexity index is 422. The highest BCUT2D eigenvalue weighted by Gasteiger charge is 2.27. The molecule has 1 saturated carbocycles. The molecule has 0 bridgehead atoms. The number of ether oxygens (including phenoxy) is 2. The van der Waals surface area contributed by atoms with E-state index in [4.69, 9.17) is 9.47 Å². The highest BCUT2D eigenvalue weighted by molar-refractivity contribution is 5.72. The molecule has 0 amide bonds. The summed E-state index contributed by atoms with van der Waals surface area (Å²) in [5.74, 6) is 0.188. The van der Waals surface area contributed by atoms with Crippen LogP contribution < -0.4 is 0 Å². The summed E-state index contributed by atoms with van der Waals surface area (Å²) < 4.78 is 10.6. The maximum atomic E-state index is 11.4. The average molecular weight is 264 g/mol. The number of methoxy groups -OCH3 is 1. The fourth-order valence-electron chi connectivity index (χ4n) is 2.49. The minimum absolute atomic E-state index is 0.0330. The Morgan fingerprint density at radius 1 is 1.32 bits per heavy atom. The lowest BCUT2D eigenvalue weighted by atomic mass is 9.87. The van der Waals surface area contributed by atoms with E-state index in [1.54, 1.807) is 12.1 Å². The molecule has 0 unspecified atom stereocenters. The first kappa shape index (κ1) is 13.9. The van der Waals surface area contributed by atoms with Crippen molar-refractivity contribution in [1.29, 1.82) is 0 Å². The summed E-state index contributed by atoms with van der Waals surface area (Å²) in [6, 6.07) is 7.09. The standard InChI is InChI=1S/C15H20O4/c1-18-15(17)12-5-7-14(8-6-12)19-10-11-3-2-4-13(16)9-11/h2-4,9,12,14,16H,5-8,10H2,1H3. The number of carbonyl (C=O) groups is 1. The molecule has 1 aliphatic rings. The van der Waals surface area contributed by atoms with E-state index in [9.17, 15) is 9.90 Å². The Morgan fingerprint density at radius 3 is 2.68 bits per heavy atom. The molecule has 4 nitrogen and oxygen atoms in total. The molecule has 1 fully saturated rings. The average Bonchev–Trinajstić information content (AvgIpc) is 2.45. The predicted molar refractivity (Wildman–Crippen MR) is 70.7 cm³/mol. The number of rotatable bonds is 4. The van der Waals surface area contributed by atoms with Crippen LogP contribution in [0.3, 0.4) is 0 Å². The number of esters is 1. The molecular formula is C15H20O4. The summed E-state index contributed by atoms with van der Waals surface area (Å²) in [6.45, 7) is 0.502. The lowest BCUT2D eigenvalue weighted by Gasteiger charge is -2.27. The zero-order valence-corrected chi connectivity index (χ0v) is 11.2. The summed E-state index contributed by atoms with van der Waals surface area (Å²) in [6.07, 6.45) is 3.63. The van der Waals surface area contributed by atoms with Crippen LogP contribution in [0.1, 0.15) is 31.2 Å². The van der Waals surface area contributed by atoms with Gasteiger partial charge in [-0.25, -0.2) is 0 Å². The molecule has 0 radical (unpaired) electrons. The van der Waals surface area contributed by atoms with Gasteiger partial charge in [0.15, 0.2) is 0 Å². The van der Waals surface area contributed by atoms with Gasteiger partial charge >= 0.3 is 5.97 Å². The summed E-state index contributed by atoms with van der Waals surface area (Å²) in [5, 5.41) is 9.37. The van der Waals surface area contributed by atoms with E-state index in [2.05, 4.69) is 0 Å². The zero-order valence-electron chi connectivity index (χ0n) is 11.2. The van der Waals surface area contributed by atoms with Crippen molar-refractivity contribution in [2.45, 2.75) is 38.4 Å². The Kier molecular flexibility index (Phi) is 4.80. The SMILES string of the molecule is COC(=O)C1CCC(OCc2cccc(O)c2)CC1. The maximum Gasteiger partial charge on any atom is 0.308 e. The number of hydrogen-bond acceptors (Lipinski definition) is 4. The van der Waals surface area contributed by atoms with Crippen LogP contribution in [0, 0.1) is 5.92 Å². The summed E-state index contributed by atoms with van der Waals surface area (Å²) >= 11 is 0. The van der Waals surface area contributed by atoms with Gasteiger partial charge in [0.2, 0.25) is 0 Å². The minimum atomic E-state index is -0.105. The molecule has 19 heavy (non-hydrogen) atoms. The monoisotopic (exact) mass is 264 g/mol. The van der Waals surface area contributed by atoms with Gasteiger partial charge in [-0.2, -0.15) is 0 Å². The third kappa shape index (κ3) is 3.96. The maximum absolute atomic E-state index is 11.4. The summed E-state index contributed by atoms with van der Waals surface area (Å²) in [4.78, 5) is 11.4. The fraction of sp³-hybridized carbons (Fsp3) is 0.533. The van der Waals surface area contributed by atoms with Crippen molar-refractivity contribution < 1.29 is 19.4 Å². The van der Waals surface area contributed by atoms with Gasteiger partial charge in [-0.15, -0.1) is 0 Å². The molecule has 1 aromatic carbocycles. The van der Waals surface area contributed by atoms with Gasteiger partial charge in [0.25, 0.3) is 0 Å². The van der Waals surface area contributed by atoms with E-state index in [0.717, 1.165) is 31.2 Å². The van der Waals surface area contributed by atoms with Crippen LogP contribution in [0.5, 0.6) is 5.75 Å². The number of phenols is 1. The van der Waals surface area contributed by atoms with E-state index in [1.807, 2.05) is 12.1 Å². The molecule has 2 rings (SSSR count). The first-order valence-corrected chi connectivity index (χ1v) is 6.66. The van der Waals surface area contributed by atoms with Crippen molar-refractivity contribution >= 4 is 5.97 Å². The van der Waals surface area contributed by atoms with E-state index in [1.165, 1.54) is 7.11 Å². The third-order valence-corrected chi connectivity index (χ3v) is 3.60. The van der Waals surface area contributed by atoms with Crippen molar-refractivity contribution in [3.8, 4) is 5.75 Å². The number of benzene rings is 1. The fourth-order valence-corrected chi connectivity index (χ4v) is 2.49. The lowest BCUT2D eigenvalue weighted by Crippen LogP contribution is -2.26. The molecule has 104 valence electrons. The molecule has 0 aromatic heterocycles. The second-order valence-corrected chi connectivity index (χ2v) is 4.98. The van der Waals surface area contributed by atoms with Gasteiger partial charge in [-0.1, -0.05) is 12.1 Å². The van der Waals surface area contributed by atoms with E-state index in [0.29, 0.717) is 6.61 Å². The van der Waals surface area contributed by atoms with Crippen molar-refractivity contribution in [1.82, 2.24) is 0 Å². The molecule has 1 aromatic rings. The molecule has 0 atom stereocenters. The molecule has 1 N–H and O–H groups in total. The smallest absolute Gasteiger partial charge is 0.308 e. The van der Waals surface area contributed by atoms with Crippen molar-refractivity contribution in [3.63, 3.8) is 0 Å². The van der Waals surface area contributed by atoms with Crippen LogP contribution in [0.2, 0.25) is 0 Å². The lowest BCUT2D eigenvalue weighted by molar-refractivity contribution is -0.147. The summed E-state index contributed by atoms with van der Waals surface area (Å²) in [7, 11) is 1.44. The second-order valence-electron chi connectivity index (χ2n) is 4.98. The quantitative estimate of drug-likeness (QED) is 0.849. The Balaban J connectivity index is 1.75. The molecule has 1 aliphatic carbocycles. The normalized spacial score (nSPS) is 23.0. The van der Waals surface area contributed by atoms with Crippen LogP contribution in [0.25, 0.3) is 0 Å². The van der Waals surface area contributed by atoms with Gasteiger partial charge in [0.05, 0.1) is 25.7 Å². The molecular weight excluding hydrogens is 244 g/mol. The van der Waals surface area contributed by atoms with Crippen LogP contribution >= 0.6 is 0 Å². The Morgan fingerprint density at radius 2 is 2.05 bits per heavy atom. The second kappa shape index (κ2) is 6.57. The van der Waals surface area contributed by atoms with Gasteiger partial charge in [0.1, 0.15) is 5.75 Å². The van der Waals surface area contributed by atoms with Crippen LogP contribution in [0.4, 0.5) is 0 Å². The van der Waals surface area contributed by atoms with E-state index in [-0.39, 0.29) is 23.7 Å². The van der Waals surface area contributed by atoms with Crippen LogP contribution in [-0.2, 0) is 20.9 Å².